The average Bonchev–Trinajstić information content (AvgIpc) is 3.04. The summed E-state index contributed by atoms with van der Waals surface area (Å²) in [5, 5.41) is 4.94. The van der Waals surface area contributed by atoms with Crippen molar-refractivity contribution in [1.29, 1.82) is 0 Å². The Balaban J connectivity index is 1.89. The molecule has 0 aliphatic heterocycles. The third kappa shape index (κ3) is 3.35. The lowest BCUT2D eigenvalue weighted by Gasteiger charge is -2.13. The molecule has 0 fully saturated rings. The first kappa shape index (κ1) is 17.8. The molecule has 6 nitrogen and oxygen atoms in total. The molecular formula is C20H21N3O3. The van der Waals surface area contributed by atoms with E-state index in [0.29, 0.717) is 27.9 Å². The van der Waals surface area contributed by atoms with E-state index in [1.807, 2.05) is 26.8 Å². The molecule has 0 aliphatic rings. The summed E-state index contributed by atoms with van der Waals surface area (Å²) in [4.78, 5) is 29.6. The summed E-state index contributed by atoms with van der Waals surface area (Å²) in [7, 11) is 0. The SMILES string of the molecule is Cc1cc(C(=O)O[C@H](C)C(=O)c2ccccc2)c2cnn(C(C)C)c2n1. The number of carbonyl (C=O) groups excluding carboxylic acids is 2. The van der Waals surface area contributed by atoms with Crippen LogP contribution in [-0.4, -0.2) is 32.6 Å². The van der Waals surface area contributed by atoms with E-state index in [4.69, 9.17) is 4.74 Å². The number of fused-ring (bicyclic) bond motifs is 1. The predicted molar refractivity (Wildman–Crippen MR) is 98.3 cm³/mol. The van der Waals surface area contributed by atoms with Crippen molar-refractivity contribution in [3.05, 3.63) is 59.4 Å². The molecule has 0 amide bonds. The van der Waals surface area contributed by atoms with Crippen LogP contribution in [0, 0.1) is 6.92 Å². The number of hydrogen-bond acceptors (Lipinski definition) is 5. The largest absolute Gasteiger partial charge is 0.451 e. The fraction of sp³-hybridized carbons (Fsp3) is 0.300. The summed E-state index contributed by atoms with van der Waals surface area (Å²) in [5.41, 5.74) is 2.20. The van der Waals surface area contributed by atoms with Crippen LogP contribution in [-0.2, 0) is 4.74 Å². The minimum absolute atomic E-state index is 0.115. The van der Waals surface area contributed by atoms with Crippen LogP contribution in [0.1, 0.15) is 53.2 Å². The number of benzene rings is 1. The van der Waals surface area contributed by atoms with Gasteiger partial charge in [0.2, 0.25) is 5.78 Å². The molecule has 3 rings (SSSR count). The Morgan fingerprint density at radius 1 is 1.12 bits per heavy atom. The van der Waals surface area contributed by atoms with Gasteiger partial charge in [0.05, 0.1) is 17.1 Å². The van der Waals surface area contributed by atoms with Crippen LogP contribution in [0.5, 0.6) is 0 Å². The molecule has 26 heavy (non-hydrogen) atoms. The Morgan fingerprint density at radius 2 is 1.81 bits per heavy atom. The molecule has 2 heterocycles. The molecule has 1 aromatic carbocycles. The zero-order valence-electron chi connectivity index (χ0n) is 15.3. The molecule has 0 N–H and O–H groups in total. The normalized spacial score (nSPS) is 12.3. The van der Waals surface area contributed by atoms with Gasteiger partial charge in [-0.3, -0.25) is 4.79 Å². The van der Waals surface area contributed by atoms with Crippen molar-refractivity contribution in [3.8, 4) is 0 Å². The maximum absolute atomic E-state index is 12.7. The fourth-order valence-corrected chi connectivity index (χ4v) is 2.80. The minimum Gasteiger partial charge on any atom is -0.451 e. The number of hydrogen-bond donors (Lipinski definition) is 0. The number of pyridine rings is 1. The number of Topliss-reactive ketones (excluding diaryl/α,β-unsaturated/α-hetero) is 1. The summed E-state index contributed by atoms with van der Waals surface area (Å²) in [6, 6.07) is 10.6. The maximum atomic E-state index is 12.7. The highest BCUT2D eigenvalue weighted by Gasteiger charge is 2.23. The van der Waals surface area contributed by atoms with E-state index in [1.54, 1.807) is 48.1 Å². The lowest BCUT2D eigenvalue weighted by atomic mass is 10.1. The van der Waals surface area contributed by atoms with Gasteiger partial charge in [-0.15, -0.1) is 0 Å². The van der Waals surface area contributed by atoms with Crippen LogP contribution < -0.4 is 0 Å². The first-order valence-corrected chi connectivity index (χ1v) is 8.53. The van der Waals surface area contributed by atoms with Crippen LogP contribution in [0.3, 0.4) is 0 Å². The number of ketones is 1. The van der Waals surface area contributed by atoms with E-state index >= 15 is 0 Å². The first-order chi connectivity index (χ1) is 12.4. The third-order valence-corrected chi connectivity index (χ3v) is 4.12. The molecule has 2 aromatic heterocycles. The summed E-state index contributed by atoms with van der Waals surface area (Å²) in [5.74, 6) is -0.792. The highest BCUT2D eigenvalue weighted by Crippen LogP contribution is 2.22. The zero-order chi connectivity index (χ0) is 18.8. The Morgan fingerprint density at radius 3 is 2.46 bits per heavy atom. The quantitative estimate of drug-likeness (QED) is 0.517. The van der Waals surface area contributed by atoms with Gasteiger partial charge < -0.3 is 4.74 Å². The van der Waals surface area contributed by atoms with Gasteiger partial charge in [-0.2, -0.15) is 5.10 Å². The lowest BCUT2D eigenvalue weighted by Crippen LogP contribution is -2.24. The topological polar surface area (TPSA) is 74.1 Å². The third-order valence-electron chi connectivity index (χ3n) is 4.12. The van der Waals surface area contributed by atoms with Crippen molar-refractivity contribution in [1.82, 2.24) is 14.8 Å². The van der Waals surface area contributed by atoms with Crippen molar-refractivity contribution < 1.29 is 14.3 Å². The zero-order valence-corrected chi connectivity index (χ0v) is 15.3. The molecule has 0 saturated carbocycles. The molecule has 0 bridgehead atoms. The summed E-state index contributed by atoms with van der Waals surface area (Å²) >= 11 is 0. The molecule has 0 unspecified atom stereocenters. The monoisotopic (exact) mass is 351 g/mol. The minimum atomic E-state index is -0.881. The lowest BCUT2D eigenvalue weighted by molar-refractivity contribution is 0.0320. The summed E-state index contributed by atoms with van der Waals surface area (Å²) in [6.45, 7) is 7.38. The van der Waals surface area contributed by atoms with E-state index in [9.17, 15) is 9.59 Å². The Hall–Kier alpha value is -3.02. The first-order valence-electron chi connectivity index (χ1n) is 8.53. The van der Waals surface area contributed by atoms with Gasteiger partial charge >= 0.3 is 5.97 Å². The van der Waals surface area contributed by atoms with Gasteiger partial charge in [0, 0.05) is 17.3 Å². The van der Waals surface area contributed by atoms with Crippen LogP contribution >= 0.6 is 0 Å². The van der Waals surface area contributed by atoms with Crippen molar-refractivity contribution >= 4 is 22.8 Å². The number of esters is 1. The number of aromatic nitrogens is 3. The van der Waals surface area contributed by atoms with E-state index in [-0.39, 0.29) is 11.8 Å². The van der Waals surface area contributed by atoms with E-state index in [1.165, 1.54) is 0 Å². The molecule has 6 heteroatoms. The molecule has 1 atom stereocenters. The van der Waals surface area contributed by atoms with Crippen LogP contribution in [0.25, 0.3) is 11.0 Å². The molecule has 0 aliphatic carbocycles. The smallest absolute Gasteiger partial charge is 0.339 e. The summed E-state index contributed by atoms with van der Waals surface area (Å²) < 4.78 is 7.19. The molecular weight excluding hydrogens is 330 g/mol. The Kier molecular flexibility index (Phi) is 4.84. The number of rotatable bonds is 5. The van der Waals surface area contributed by atoms with Crippen molar-refractivity contribution in [2.45, 2.75) is 39.8 Å². The van der Waals surface area contributed by atoms with Gasteiger partial charge in [-0.1, -0.05) is 30.3 Å². The second-order valence-electron chi connectivity index (χ2n) is 6.51. The van der Waals surface area contributed by atoms with Crippen molar-refractivity contribution in [2.75, 3.05) is 0 Å². The van der Waals surface area contributed by atoms with Gasteiger partial charge in [-0.25, -0.2) is 14.5 Å². The van der Waals surface area contributed by atoms with Gasteiger partial charge in [0.15, 0.2) is 11.8 Å². The second kappa shape index (κ2) is 7.07. The highest BCUT2D eigenvalue weighted by atomic mass is 16.5. The highest BCUT2D eigenvalue weighted by molar-refractivity contribution is 6.05. The van der Waals surface area contributed by atoms with Gasteiger partial charge in [-0.05, 0) is 33.8 Å². The molecule has 0 spiro atoms. The van der Waals surface area contributed by atoms with Crippen molar-refractivity contribution in [2.24, 2.45) is 0 Å². The number of carbonyl (C=O) groups is 2. The van der Waals surface area contributed by atoms with E-state index in [0.717, 1.165) is 0 Å². The maximum Gasteiger partial charge on any atom is 0.339 e. The molecule has 0 radical (unpaired) electrons. The van der Waals surface area contributed by atoms with Gasteiger partial charge in [0.1, 0.15) is 0 Å². The van der Waals surface area contributed by atoms with Crippen molar-refractivity contribution in [3.63, 3.8) is 0 Å². The van der Waals surface area contributed by atoms with Crippen LogP contribution in [0.15, 0.2) is 42.6 Å². The predicted octanol–water partition coefficient (Wildman–Crippen LogP) is 3.75. The molecule has 3 aromatic rings. The molecule has 134 valence electrons. The number of aryl methyl sites for hydroxylation is 1. The van der Waals surface area contributed by atoms with E-state index in [2.05, 4.69) is 10.1 Å². The second-order valence-corrected chi connectivity index (χ2v) is 6.51. The Bertz CT molecular complexity index is 961. The van der Waals surface area contributed by atoms with Crippen LogP contribution in [0.4, 0.5) is 0 Å². The standard InChI is InChI=1S/C20H21N3O3/c1-12(2)23-19-17(11-21-23)16(10-13(3)22-19)20(25)26-14(4)18(24)15-8-6-5-7-9-15/h5-12,14H,1-4H3/t14-/m1/s1. The Labute approximate surface area is 151 Å². The van der Waals surface area contributed by atoms with Crippen LogP contribution in [0.2, 0.25) is 0 Å². The van der Waals surface area contributed by atoms with E-state index < -0.39 is 12.1 Å². The van der Waals surface area contributed by atoms with Gasteiger partial charge in [0.25, 0.3) is 0 Å². The number of nitrogens with zero attached hydrogens (tertiary/aromatic N) is 3. The average molecular weight is 351 g/mol. The molecule has 0 saturated heterocycles. The summed E-state index contributed by atoms with van der Waals surface area (Å²) in [6.07, 6.45) is 0.732. The fourth-order valence-electron chi connectivity index (χ4n) is 2.80. The number of ether oxygens (including phenoxy) is 1.